The maximum Gasteiger partial charge on any atom is 0.313 e. The lowest BCUT2D eigenvalue weighted by Gasteiger charge is -2.13. The molecule has 3 heteroatoms. The Bertz CT molecular complexity index is 400. The molecule has 2 rings (SSSR count). The summed E-state index contributed by atoms with van der Waals surface area (Å²) in [6.07, 6.45) is 1.21. The largest absolute Gasteiger partial charge is 0.313 e. The molecule has 0 radical (unpaired) electrons. The predicted molar refractivity (Wildman–Crippen MR) is 77.2 cm³/mol. The molecule has 0 spiro atoms. The van der Waals surface area contributed by atoms with E-state index in [4.69, 9.17) is 0 Å². The Balaban J connectivity index is 2.23. The van der Waals surface area contributed by atoms with Crippen molar-refractivity contribution < 1.29 is 4.58 Å². The molecule has 1 aromatic carbocycles. The minimum absolute atomic E-state index is 0.697. The molecule has 0 bridgehead atoms. The van der Waals surface area contributed by atoms with E-state index in [0.717, 1.165) is 6.54 Å². The zero-order valence-electron chi connectivity index (χ0n) is 10.9. The molecule has 0 saturated carbocycles. The highest BCUT2D eigenvalue weighted by molar-refractivity contribution is 8.14. The smallest absolute Gasteiger partial charge is 0.255 e. The number of benzene rings is 1. The summed E-state index contributed by atoms with van der Waals surface area (Å²) >= 11 is 1.99. The van der Waals surface area contributed by atoms with Crippen LogP contribution in [0.3, 0.4) is 0 Å². The van der Waals surface area contributed by atoms with E-state index in [1.54, 1.807) is 0 Å². The van der Waals surface area contributed by atoms with Gasteiger partial charge in [-0.2, -0.15) is 0 Å². The second-order valence-corrected chi connectivity index (χ2v) is 5.96. The summed E-state index contributed by atoms with van der Waals surface area (Å²) in [5.74, 6) is 0. The van der Waals surface area contributed by atoms with Crippen LogP contribution in [0.2, 0.25) is 0 Å². The molecule has 2 nitrogen and oxygen atoms in total. The Morgan fingerprint density at radius 2 is 2.06 bits per heavy atom. The second-order valence-electron chi connectivity index (χ2n) is 4.55. The predicted octanol–water partition coefficient (Wildman–Crippen LogP) is 3.04. The first-order valence-electron chi connectivity index (χ1n) is 6.29. The average Bonchev–Trinajstić information content (AvgIpc) is 2.71. The van der Waals surface area contributed by atoms with Gasteiger partial charge in [0.25, 0.3) is 0 Å². The van der Waals surface area contributed by atoms with Crippen LogP contribution in [-0.2, 0) is 0 Å². The van der Waals surface area contributed by atoms with Gasteiger partial charge in [-0.25, -0.2) is 4.90 Å². The number of rotatable bonds is 3. The maximum absolute atomic E-state index is 2.50. The fraction of sp³-hybridized carbons (Fsp3) is 0.500. The van der Waals surface area contributed by atoms with Crippen molar-refractivity contribution in [3.8, 4) is 0 Å². The highest BCUT2D eigenvalue weighted by Crippen LogP contribution is 2.25. The average molecular weight is 249 g/mol. The summed E-state index contributed by atoms with van der Waals surface area (Å²) in [5.41, 5.74) is 1.27. The van der Waals surface area contributed by atoms with Gasteiger partial charge in [0.15, 0.2) is 0 Å². The monoisotopic (exact) mass is 249 g/mol. The Kier molecular flexibility index (Phi) is 4.11. The van der Waals surface area contributed by atoms with Gasteiger partial charge in [-0.05, 0) is 37.2 Å². The number of amidine groups is 1. The van der Waals surface area contributed by atoms with Gasteiger partial charge in [0, 0.05) is 0 Å². The van der Waals surface area contributed by atoms with Crippen LogP contribution < -0.4 is 4.90 Å². The number of hydrogen-bond acceptors (Lipinski definition) is 2. The van der Waals surface area contributed by atoms with E-state index >= 15 is 0 Å². The molecule has 0 N–H and O–H groups in total. The third-order valence-electron chi connectivity index (χ3n) is 2.98. The second kappa shape index (κ2) is 5.58. The van der Waals surface area contributed by atoms with Crippen LogP contribution in [0, 0.1) is 0 Å². The van der Waals surface area contributed by atoms with E-state index in [1.807, 2.05) is 11.8 Å². The molecule has 0 aromatic heterocycles. The van der Waals surface area contributed by atoms with Crippen molar-refractivity contribution in [2.45, 2.75) is 25.5 Å². The van der Waals surface area contributed by atoms with Gasteiger partial charge in [0.2, 0.25) is 0 Å². The van der Waals surface area contributed by atoms with Crippen molar-refractivity contribution in [3.05, 3.63) is 30.3 Å². The SMILES string of the molecule is CCC[N+]1=C(N(C)c2ccccc2)SC(C)C1. The quantitative estimate of drug-likeness (QED) is 0.760. The third-order valence-corrected chi connectivity index (χ3v) is 4.27. The van der Waals surface area contributed by atoms with Crippen LogP contribution in [0.1, 0.15) is 20.3 Å². The molecule has 0 amide bonds. The van der Waals surface area contributed by atoms with Crippen LogP contribution in [0.25, 0.3) is 0 Å². The molecular weight excluding hydrogens is 228 g/mol. The summed E-state index contributed by atoms with van der Waals surface area (Å²) in [6, 6.07) is 10.6. The van der Waals surface area contributed by atoms with Gasteiger partial charge < -0.3 is 0 Å². The summed E-state index contributed by atoms with van der Waals surface area (Å²) in [5, 5.41) is 2.09. The molecule has 92 valence electrons. The highest BCUT2D eigenvalue weighted by Gasteiger charge is 2.31. The summed E-state index contributed by atoms with van der Waals surface area (Å²) in [4.78, 5) is 2.31. The summed E-state index contributed by atoms with van der Waals surface area (Å²) < 4.78 is 2.50. The van der Waals surface area contributed by atoms with Gasteiger partial charge in [0.05, 0.1) is 25.4 Å². The van der Waals surface area contributed by atoms with E-state index in [-0.39, 0.29) is 0 Å². The minimum Gasteiger partial charge on any atom is -0.255 e. The van der Waals surface area contributed by atoms with E-state index in [9.17, 15) is 0 Å². The van der Waals surface area contributed by atoms with Crippen molar-refractivity contribution >= 4 is 22.6 Å². The van der Waals surface area contributed by atoms with Crippen molar-refractivity contribution in [2.75, 3.05) is 25.0 Å². The van der Waals surface area contributed by atoms with Crippen molar-refractivity contribution in [1.82, 2.24) is 0 Å². The van der Waals surface area contributed by atoms with Crippen LogP contribution in [-0.4, -0.2) is 35.1 Å². The maximum atomic E-state index is 2.50. The first-order valence-corrected chi connectivity index (χ1v) is 7.17. The Morgan fingerprint density at radius 3 is 2.71 bits per heavy atom. The Labute approximate surface area is 108 Å². The normalized spacial score (nSPS) is 19.8. The lowest BCUT2D eigenvalue weighted by molar-refractivity contribution is -0.521. The van der Waals surface area contributed by atoms with Crippen LogP contribution in [0.4, 0.5) is 5.69 Å². The lowest BCUT2D eigenvalue weighted by Crippen LogP contribution is -2.30. The number of hydrogen-bond donors (Lipinski definition) is 0. The minimum atomic E-state index is 0.697. The number of anilines is 1. The number of nitrogens with zero attached hydrogens (tertiary/aromatic N) is 2. The Hall–Kier alpha value is -0.960. The molecule has 17 heavy (non-hydrogen) atoms. The van der Waals surface area contributed by atoms with Crippen LogP contribution in [0.5, 0.6) is 0 Å². The lowest BCUT2D eigenvalue weighted by atomic mass is 10.3. The fourth-order valence-electron chi connectivity index (χ4n) is 2.19. The topological polar surface area (TPSA) is 6.25 Å². The summed E-state index contributed by atoms with van der Waals surface area (Å²) in [7, 11) is 2.17. The van der Waals surface area contributed by atoms with E-state index in [1.165, 1.54) is 23.8 Å². The van der Waals surface area contributed by atoms with E-state index in [0.29, 0.717) is 5.25 Å². The van der Waals surface area contributed by atoms with Gasteiger partial charge in [-0.3, -0.25) is 4.58 Å². The zero-order valence-corrected chi connectivity index (χ0v) is 11.7. The van der Waals surface area contributed by atoms with Crippen LogP contribution in [0.15, 0.2) is 30.3 Å². The molecule has 0 saturated heterocycles. The van der Waals surface area contributed by atoms with E-state index in [2.05, 4.69) is 60.7 Å². The molecule has 1 heterocycles. The van der Waals surface area contributed by atoms with Crippen LogP contribution >= 0.6 is 11.8 Å². The molecular formula is C14H21N2S+. The van der Waals surface area contributed by atoms with Crippen molar-refractivity contribution in [1.29, 1.82) is 0 Å². The highest BCUT2D eigenvalue weighted by atomic mass is 32.2. The third kappa shape index (κ3) is 2.83. The van der Waals surface area contributed by atoms with Gasteiger partial charge in [0.1, 0.15) is 5.69 Å². The zero-order chi connectivity index (χ0) is 12.3. The first kappa shape index (κ1) is 12.5. The van der Waals surface area contributed by atoms with Gasteiger partial charge in [-0.1, -0.05) is 25.1 Å². The van der Waals surface area contributed by atoms with Crippen molar-refractivity contribution in [3.63, 3.8) is 0 Å². The molecule has 0 aliphatic carbocycles. The molecule has 0 fully saturated rings. The first-order chi connectivity index (χ1) is 8.22. The molecule has 1 atom stereocenters. The molecule has 1 aliphatic rings. The fourth-order valence-corrected chi connectivity index (χ4v) is 3.38. The number of para-hydroxylation sites is 1. The molecule has 1 aliphatic heterocycles. The van der Waals surface area contributed by atoms with Gasteiger partial charge in [-0.15, -0.1) is 0 Å². The van der Waals surface area contributed by atoms with Crippen molar-refractivity contribution in [2.24, 2.45) is 0 Å². The van der Waals surface area contributed by atoms with Gasteiger partial charge >= 0.3 is 5.17 Å². The molecule has 1 aromatic rings. The van der Waals surface area contributed by atoms with E-state index < -0.39 is 0 Å². The Morgan fingerprint density at radius 1 is 1.35 bits per heavy atom. The standard InChI is InChI=1S/C14H21N2S/c1-4-10-16-11-12(2)17-14(16)15(3)13-8-6-5-7-9-13/h5-9,12H,4,10-11H2,1-3H3/q+1. The molecule has 1 unspecified atom stereocenters. The number of thioether (sulfide) groups is 1. The summed E-state index contributed by atoms with van der Waals surface area (Å²) in [6.45, 7) is 6.88.